The molecule has 2 nitrogen and oxygen atoms in total. The maximum absolute atomic E-state index is 2.41. The summed E-state index contributed by atoms with van der Waals surface area (Å²) < 4.78 is 0. The first-order valence-corrected chi connectivity index (χ1v) is 19.7. The van der Waals surface area contributed by atoms with Crippen LogP contribution in [0.4, 0.5) is 34.1 Å². The van der Waals surface area contributed by atoms with Crippen molar-refractivity contribution in [2.45, 2.75) is 66.2 Å². The summed E-state index contributed by atoms with van der Waals surface area (Å²) >= 11 is 0. The maximum Gasteiger partial charge on any atom is 0.0490 e. The molecular weight excluding hydrogens is 653 g/mol. The zero-order chi connectivity index (χ0) is 37.3. The number of hydrogen-bond acceptors (Lipinski definition) is 2. The van der Waals surface area contributed by atoms with Gasteiger partial charge >= 0.3 is 0 Å². The van der Waals surface area contributed by atoms with Crippen molar-refractivity contribution in [1.82, 2.24) is 0 Å². The Kier molecular flexibility index (Phi) is 11.7. The summed E-state index contributed by atoms with van der Waals surface area (Å²) in [6.07, 6.45) is 7.06. The predicted octanol–water partition coefficient (Wildman–Crippen LogP) is 15.3. The third-order valence-corrected chi connectivity index (χ3v) is 10.5. The van der Waals surface area contributed by atoms with Gasteiger partial charge in [0.2, 0.25) is 0 Å². The number of para-hydroxylation sites is 2. The highest BCUT2D eigenvalue weighted by Crippen LogP contribution is 2.43. The molecule has 0 aromatic heterocycles. The second-order valence-electron chi connectivity index (χ2n) is 14.4. The number of unbranched alkanes of at least 4 members (excludes halogenated alkanes) is 2. The summed E-state index contributed by atoms with van der Waals surface area (Å²) in [7, 11) is 0. The van der Waals surface area contributed by atoms with Gasteiger partial charge in [-0.3, -0.25) is 0 Å². The summed E-state index contributed by atoms with van der Waals surface area (Å²) in [5.41, 5.74) is 17.0. The smallest absolute Gasteiger partial charge is 0.0490 e. The van der Waals surface area contributed by atoms with E-state index in [1.807, 2.05) is 0 Å². The summed E-state index contributed by atoms with van der Waals surface area (Å²) in [5, 5.41) is 0. The van der Waals surface area contributed by atoms with E-state index in [0.717, 1.165) is 29.9 Å². The molecule has 7 aromatic carbocycles. The van der Waals surface area contributed by atoms with Gasteiger partial charge in [-0.25, -0.2) is 0 Å². The highest BCUT2D eigenvalue weighted by Gasteiger charge is 2.19. The molecule has 270 valence electrons. The van der Waals surface area contributed by atoms with Gasteiger partial charge in [0.1, 0.15) is 0 Å². The van der Waals surface area contributed by atoms with Crippen molar-refractivity contribution in [3.05, 3.63) is 192 Å². The van der Waals surface area contributed by atoms with Crippen molar-refractivity contribution in [3.63, 3.8) is 0 Å². The minimum absolute atomic E-state index is 1.11. The highest BCUT2D eigenvalue weighted by molar-refractivity contribution is 5.90. The van der Waals surface area contributed by atoms with Crippen LogP contribution in [0.1, 0.15) is 61.8 Å². The van der Waals surface area contributed by atoms with Crippen LogP contribution in [-0.2, 0) is 12.8 Å². The van der Waals surface area contributed by atoms with Crippen LogP contribution >= 0.6 is 0 Å². The van der Waals surface area contributed by atoms with Crippen molar-refractivity contribution < 1.29 is 0 Å². The fourth-order valence-electron chi connectivity index (χ4n) is 7.44. The predicted molar refractivity (Wildman–Crippen MR) is 233 cm³/mol. The number of benzene rings is 7. The molecule has 0 heterocycles. The molecule has 0 unspecified atom stereocenters. The number of aryl methyl sites for hydroxylation is 4. The largest absolute Gasteiger partial charge is 0.310 e. The number of nitrogens with zero attached hydrogens (tertiary/aromatic N) is 2. The third kappa shape index (κ3) is 8.19. The first-order valence-electron chi connectivity index (χ1n) is 19.7. The fraction of sp³-hybridized carbons (Fsp3) is 0.192. The second kappa shape index (κ2) is 17.3. The number of rotatable bonds is 14. The summed E-state index contributed by atoms with van der Waals surface area (Å²) in [6.45, 7) is 8.91. The lowest BCUT2D eigenvalue weighted by molar-refractivity contribution is 0.795. The topological polar surface area (TPSA) is 6.48 Å². The molecule has 0 amide bonds. The van der Waals surface area contributed by atoms with Gasteiger partial charge in [0.25, 0.3) is 0 Å². The minimum Gasteiger partial charge on any atom is -0.310 e. The molecular formula is C52H52N2. The molecule has 0 aliphatic rings. The average Bonchev–Trinajstić information content (AvgIpc) is 3.22. The lowest BCUT2D eigenvalue weighted by atomic mass is 9.93. The van der Waals surface area contributed by atoms with E-state index in [4.69, 9.17) is 0 Å². The minimum atomic E-state index is 1.11. The van der Waals surface area contributed by atoms with Crippen LogP contribution in [0.25, 0.3) is 22.3 Å². The molecule has 7 rings (SSSR count). The Morgan fingerprint density at radius 2 is 0.778 bits per heavy atom. The van der Waals surface area contributed by atoms with Gasteiger partial charge < -0.3 is 9.80 Å². The van der Waals surface area contributed by atoms with E-state index in [1.165, 1.54) is 87.3 Å². The molecule has 0 bridgehead atoms. The molecule has 0 aliphatic carbocycles. The lowest BCUT2D eigenvalue weighted by Gasteiger charge is -2.28. The fourth-order valence-corrected chi connectivity index (χ4v) is 7.44. The van der Waals surface area contributed by atoms with Crippen molar-refractivity contribution in [3.8, 4) is 22.3 Å². The Morgan fingerprint density at radius 1 is 0.370 bits per heavy atom. The lowest BCUT2D eigenvalue weighted by Crippen LogP contribution is -2.12. The summed E-state index contributed by atoms with van der Waals surface area (Å²) in [5.74, 6) is 0. The maximum atomic E-state index is 2.41. The Morgan fingerprint density at radius 3 is 1.26 bits per heavy atom. The van der Waals surface area contributed by atoms with Crippen molar-refractivity contribution in [2.24, 2.45) is 0 Å². The van der Waals surface area contributed by atoms with E-state index >= 15 is 0 Å². The first kappa shape index (κ1) is 36.5. The van der Waals surface area contributed by atoms with Gasteiger partial charge in [-0.05, 0) is 145 Å². The van der Waals surface area contributed by atoms with E-state index in [2.05, 4.69) is 207 Å². The van der Waals surface area contributed by atoms with Crippen LogP contribution in [-0.4, -0.2) is 0 Å². The summed E-state index contributed by atoms with van der Waals surface area (Å²) in [6, 6.07) is 62.5. The molecule has 0 atom stereocenters. The molecule has 7 aromatic rings. The molecule has 0 N–H and O–H groups in total. The van der Waals surface area contributed by atoms with Gasteiger partial charge in [-0.2, -0.15) is 0 Å². The van der Waals surface area contributed by atoms with E-state index in [1.54, 1.807) is 0 Å². The quantitative estimate of drug-likeness (QED) is 0.111. The molecule has 0 spiro atoms. The zero-order valence-electron chi connectivity index (χ0n) is 32.3. The van der Waals surface area contributed by atoms with Crippen molar-refractivity contribution >= 4 is 34.1 Å². The van der Waals surface area contributed by atoms with E-state index < -0.39 is 0 Å². The van der Waals surface area contributed by atoms with Crippen LogP contribution in [0.15, 0.2) is 170 Å². The molecule has 2 heteroatoms. The number of anilines is 6. The Balaban J connectivity index is 1.30. The van der Waals surface area contributed by atoms with Crippen molar-refractivity contribution in [1.29, 1.82) is 0 Å². The van der Waals surface area contributed by atoms with Gasteiger partial charge in [-0.1, -0.05) is 136 Å². The van der Waals surface area contributed by atoms with Gasteiger partial charge in [0, 0.05) is 34.1 Å². The van der Waals surface area contributed by atoms with E-state index in [-0.39, 0.29) is 0 Å². The molecule has 0 fully saturated rings. The van der Waals surface area contributed by atoms with Crippen LogP contribution in [0.2, 0.25) is 0 Å². The summed E-state index contributed by atoms with van der Waals surface area (Å²) in [4.78, 5) is 4.80. The monoisotopic (exact) mass is 704 g/mol. The molecule has 0 radical (unpaired) electrons. The Hall–Kier alpha value is -5.86. The highest BCUT2D eigenvalue weighted by atomic mass is 15.1. The van der Waals surface area contributed by atoms with Crippen LogP contribution < -0.4 is 9.80 Å². The van der Waals surface area contributed by atoms with Crippen LogP contribution in [0.5, 0.6) is 0 Å². The standard InChI is InChI=1S/C52H52N2/c1-5-7-18-41-24-30-45(31-25-41)53(51-22-14-12-16-39(51)3)47-34-28-44(29-35-47)49-37-36-48(38-50(49)43-20-10-9-11-21-43)54(52-23-15-13-17-40(52)4)46-32-26-42(27-33-46)19-8-6-2/h9-17,20-38H,5-8,18-19H2,1-4H3. The van der Waals surface area contributed by atoms with Gasteiger partial charge in [0.05, 0.1) is 0 Å². The molecule has 0 aliphatic heterocycles. The Bertz CT molecular complexity index is 2250. The van der Waals surface area contributed by atoms with Crippen molar-refractivity contribution in [2.75, 3.05) is 9.80 Å². The van der Waals surface area contributed by atoms with E-state index in [0.29, 0.717) is 0 Å². The molecule has 54 heavy (non-hydrogen) atoms. The third-order valence-electron chi connectivity index (χ3n) is 10.5. The first-order chi connectivity index (χ1) is 26.5. The Labute approximate surface area is 323 Å². The second-order valence-corrected chi connectivity index (χ2v) is 14.4. The van der Waals surface area contributed by atoms with Gasteiger partial charge in [0.15, 0.2) is 0 Å². The molecule has 0 saturated carbocycles. The number of hydrogen-bond donors (Lipinski definition) is 0. The average molecular weight is 705 g/mol. The zero-order valence-corrected chi connectivity index (χ0v) is 32.3. The van der Waals surface area contributed by atoms with Crippen LogP contribution in [0.3, 0.4) is 0 Å². The van der Waals surface area contributed by atoms with Crippen LogP contribution in [0, 0.1) is 13.8 Å². The SMILES string of the molecule is CCCCc1ccc(N(c2ccc(-c3ccc(N(c4ccc(CCCC)cc4)c4ccccc4C)cc3-c3ccccc3)cc2)c2ccccc2C)cc1. The van der Waals surface area contributed by atoms with Gasteiger partial charge in [-0.15, -0.1) is 0 Å². The molecule has 0 saturated heterocycles. The van der Waals surface area contributed by atoms with E-state index in [9.17, 15) is 0 Å². The normalized spacial score (nSPS) is 11.0.